The van der Waals surface area contributed by atoms with Gasteiger partial charge in [-0.3, -0.25) is 4.68 Å². The van der Waals surface area contributed by atoms with Crippen LogP contribution < -0.4 is 10.5 Å². The summed E-state index contributed by atoms with van der Waals surface area (Å²) in [6.07, 6.45) is 2.86. The van der Waals surface area contributed by atoms with Crippen LogP contribution in [0.2, 0.25) is 0 Å². The van der Waals surface area contributed by atoms with Crippen molar-refractivity contribution in [1.29, 1.82) is 0 Å². The average Bonchev–Trinajstić information content (AvgIpc) is 2.79. The van der Waals surface area contributed by atoms with E-state index < -0.39 is 0 Å². The van der Waals surface area contributed by atoms with Crippen LogP contribution in [-0.2, 0) is 13.5 Å². The lowest BCUT2D eigenvalue weighted by Crippen LogP contribution is -2.14. The Morgan fingerprint density at radius 1 is 1.37 bits per heavy atom. The molecule has 1 aromatic heterocycles. The van der Waals surface area contributed by atoms with Crippen molar-refractivity contribution in [3.63, 3.8) is 0 Å². The summed E-state index contributed by atoms with van der Waals surface area (Å²) >= 11 is 0. The Bertz CT molecular complexity index is 575. The van der Waals surface area contributed by atoms with Gasteiger partial charge in [0.2, 0.25) is 0 Å². The van der Waals surface area contributed by atoms with E-state index in [1.807, 2.05) is 30.1 Å². The molecule has 0 bridgehead atoms. The molecule has 2 aromatic rings. The van der Waals surface area contributed by atoms with Crippen molar-refractivity contribution in [3.8, 4) is 5.75 Å². The van der Waals surface area contributed by atoms with Gasteiger partial charge in [0.15, 0.2) is 0 Å². The Kier molecular flexibility index (Phi) is 3.90. The zero-order valence-electron chi connectivity index (χ0n) is 12.0. The third-order valence-corrected chi connectivity index (χ3v) is 3.33. The quantitative estimate of drug-likeness (QED) is 0.917. The summed E-state index contributed by atoms with van der Waals surface area (Å²) in [6.45, 7) is 4.14. The monoisotopic (exact) mass is 259 g/mol. The highest BCUT2D eigenvalue weighted by Gasteiger charge is 2.19. The van der Waals surface area contributed by atoms with Crippen LogP contribution in [0.4, 0.5) is 0 Å². The molecule has 2 N–H and O–H groups in total. The highest BCUT2D eigenvalue weighted by Crippen LogP contribution is 2.30. The first-order valence-electron chi connectivity index (χ1n) is 6.49. The van der Waals surface area contributed by atoms with Gasteiger partial charge in [-0.2, -0.15) is 5.10 Å². The van der Waals surface area contributed by atoms with E-state index in [2.05, 4.69) is 25.0 Å². The van der Waals surface area contributed by atoms with Crippen LogP contribution in [0.15, 0.2) is 24.4 Å². The maximum absolute atomic E-state index is 6.42. The van der Waals surface area contributed by atoms with Crippen LogP contribution in [0.25, 0.3) is 0 Å². The lowest BCUT2D eigenvalue weighted by molar-refractivity contribution is 0.407. The van der Waals surface area contributed by atoms with Crippen LogP contribution in [0.3, 0.4) is 0 Å². The van der Waals surface area contributed by atoms with Crippen LogP contribution in [0.5, 0.6) is 5.75 Å². The second-order valence-corrected chi connectivity index (χ2v) is 4.78. The number of benzene rings is 1. The smallest absolute Gasteiger partial charge is 0.123 e. The summed E-state index contributed by atoms with van der Waals surface area (Å²) in [5.74, 6) is 0.823. The van der Waals surface area contributed by atoms with Gasteiger partial charge in [0.25, 0.3) is 0 Å². The van der Waals surface area contributed by atoms with Gasteiger partial charge < -0.3 is 10.5 Å². The second kappa shape index (κ2) is 5.45. The lowest BCUT2D eigenvalue weighted by Gasteiger charge is -2.16. The van der Waals surface area contributed by atoms with Gasteiger partial charge in [0.05, 0.1) is 18.8 Å². The molecule has 0 radical (unpaired) electrons. The Hall–Kier alpha value is -1.81. The molecule has 1 atom stereocenters. The van der Waals surface area contributed by atoms with Crippen molar-refractivity contribution >= 4 is 0 Å². The topological polar surface area (TPSA) is 53.1 Å². The molecule has 19 heavy (non-hydrogen) atoms. The minimum absolute atomic E-state index is 0.210. The van der Waals surface area contributed by atoms with Crippen molar-refractivity contribution in [3.05, 3.63) is 46.8 Å². The minimum Gasteiger partial charge on any atom is -0.496 e. The third-order valence-electron chi connectivity index (χ3n) is 3.33. The highest BCUT2D eigenvalue weighted by molar-refractivity contribution is 5.44. The summed E-state index contributed by atoms with van der Waals surface area (Å²) in [5.41, 5.74) is 10.7. The van der Waals surface area contributed by atoms with E-state index in [-0.39, 0.29) is 6.04 Å². The molecule has 4 nitrogen and oxygen atoms in total. The summed E-state index contributed by atoms with van der Waals surface area (Å²) in [4.78, 5) is 0. The summed E-state index contributed by atoms with van der Waals surface area (Å²) in [5, 5.41) is 4.45. The maximum atomic E-state index is 6.42. The molecular formula is C15H21N3O. The molecule has 0 spiro atoms. The Balaban J connectivity index is 2.48. The van der Waals surface area contributed by atoms with Crippen molar-refractivity contribution < 1.29 is 4.74 Å². The van der Waals surface area contributed by atoms with Gasteiger partial charge in [-0.25, -0.2) is 0 Å². The predicted octanol–water partition coefficient (Wildman–Crippen LogP) is 2.35. The van der Waals surface area contributed by atoms with Crippen LogP contribution in [-0.4, -0.2) is 16.9 Å². The molecule has 1 heterocycles. The van der Waals surface area contributed by atoms with E-state index in [0.717, 1.165) is 29.0 Å². The SMILES string of the molecule is CCc1nn(C)cc1C(N)c1cc(C)ccc1OC. The second-order valence-electron chi connectivity index (χ2n) is 4.78. The fourth-order valence-electron chi connectivity index (χ4n) is 2.35. The van der Waals surface area contributed by atoms with E-state index in [1.54, 1.807) is 7.11 Å². The molecule has 2 rings (SSSR count). The van der Waals surface area contributed by atoms with Gasteiger partial charge in [0, 0.05) is 24.4 Å². The first-order valence-corrected chi connectivity index (χ1v) is 6.49. The normalized spacial score (nSPS) is 12.5. The van der Waals surface area contributed by atoms with E-state index in [9.17, 15) is 0 Å². The lowest BCUT2D eigenvalue weighted by atomic mass is 9.97. The molecule has 0 saturated heterocycles. The Labute approximate surface area is 114 Å². The number of rotatable bonds is 4. The molecule has 0 saturated carbocycles. The molecule has 0 fully saturated rings. The number of aryl methyl sites for hydroxylation is 3. The molecule has 0 aliphatic carbocycles. The Morgan fingerprint density at radius 3 is 2.74 bits per heavy atom. The van der Waals surface area contributed by atoms with Gasteiger partial charge in [0.1, 0.15) is 5.75 Å². The van der Waals surface area contributed by atoms with Gasteiger partial charge in [-0.15, -0.1) is 0 Å². The van der Waals surface area contributed by atoms with E-state index >= 15 is 0 Å². The van der Waals surface area contributed by atoms with Crippen LogP contribution in [0, 0.1) is 6.92 Å². The van der Waals surface area contributed by atoms with Gasteiger partial charge in [-0.1, -0.05) is 24.6 Å². The molecule has 102 valence electrons. The van der Waals surface area contributed by atoms with E-state index in [1.165, 1.54) is 5.56 Å². The molecule has 1 aromatic carbocycles. The fourth-order valence-corrected chi connectivity index (χ4v) is 2.35. The Morgan fingerprint density at radius 2 is 2.11 bits per heavy atom. The van der Waals surface area contributed by atoms with Gasteiger partial charge >= 0.3 is 0 Å². The standard InChI is InChI=1S/C15H21N3O/c1-5-13-12(9-18(3)17-13)15(16)11-8-10(2)6-7-14(11)19-4/h6-9,15H,5,16H2,1-4H3. The van der Waals surface area contributed by atoms with Crippen LogP contribution >= 0.6 is 0 Å². The summed E-state index contributed by atoms with van der Waals surface area (Å²) in [7, 11) is 3.59. The summed E-state index contributed by atoms with van der Waals surface area (Å²) in [6, 6.07) is 5.86. The van der Waals surface area contributed by atoms with E-state index in [4.69, 9.17) is 10.5 Å². The number of methoxy groups -OCH3 is 1. The zero-order valence-corrected chi connectivity index (χ0v) is 12.0. The number of nitrogens with two attached hydrogens (primary N) is 1. The zero-order chi connectivity index (χ0) is 14.0. The minimum atomic E-state index is -0.210. The number of nitrogens with zero attached hydrogens (tertiary/aromatic N) is 2. The molecule has 0 aliphatic heterocycles. The van der Waals surface area contributed by atoms with Crippen molar-refractivity contribution in [2.24, 2.45) is 12.8 Å². The first-order chi connectivity index (χ1) is 9.06. The fraction of sp³-hybridized carbons (Fsp3) is 0.400. The summed E-state index contributed by atoms with van der Waals surface area (Å²) < 4.78 is 7.23. The number of hydrogen-bond donors (Lipinski definition) is 1. The van der Waals surface area contributed by atoms with Crippen molar-refractivity contribution in [2.75, 3.05) is 7.11 Å². The molecular weight excluding hydrogens is 238 g/mol. The van der Waals surface area contributed by atoms with Crippen molar-refractivity contribution in [1.82, 2.24) is 9.78 Å². The molecule has 0 amide bonds. The van der Waals surface area contributed by atoms with E-state index in [0.29, 0.717) is 0 Å². The maximum Gasteiger partial charge on any atom is 0.123 e. The van der Waals surface area contributed by atoms with Crippen molar-refractivity contribution in [2.45, 2.75) is 26.3 Å². The number of ether oxygens (including phenoxy) is 1. The van der Waals surface area contributed by atoms with Crippen LogP contribution in [0.1, 0.15) is 35.3 Å². The molecule has 1 unspecified atom stereocenters. The number of aromatic nitrogens is 2. The molecule has 4 heteroatoms. The number of hydrogen-bond acceptors (Lipinski definition) is 3. The largest absolute Gasteiger partial charge is 0.496 e. The third kappa shape index (κ3) is 2.63. The average molecular weight is 259 g/mol. The highest BCUT2D eigenvalue weighted by atomic mass is 16.5. The first kappa shape index (κ1) is 13.6. The predicted molar refractivity (Wildman–Crippen MR) is 76.3 cm³/mol. The molecule has 0 aliphatic rings. The van der Waals surface area contributed by atoms with Gasteiger partial charge in [-0.05, 0) is 19.4 Å².